The molecule has 1 rings (SSSR count). The summed E-state index contributed by atoms with van der Waals surface area (Å²) in [5, 5.41) is 12.8. The van der Waals surface area contributed by atoms with E-state index in [9.17, 15) is 5.11 Å². The minimum Gasteiger partial charge on any atom is -0.394 e. The highest BCUT2D eigenvalue weighted by Crippen LogP contribution is 2.30. The van der Waals surface area contributed by atoms with E-state index in [1.165, 1.54) is 13.0 Å². The predicted octanol–water partition coefficient (Wildman–Crippen LogP) is 2.10. The van der Waals surface area contributed by atoms with Gasteiger partial charge in [-0.1, -0.05) is 13.8 Å². The predicted molar refractivity (Wildman–Crippen MR) is 77.7 cm³/mol. The molecule has 18 heavy (non-hydrogen) atoms. The topological polar surface area (TPSA) is 35.5 Å². The Balaban J connectivity index is 2.67. The van der Waals surface area contributed by atoms with Crippen molar-refractivity contribution in [3.05, 3.63) is 0 Å². The van der Waals surface area contributed by atoms with Crippen LogP contribution >= 0.6 is 0 Å². The summed E-state index contributed by atoms with van der Waals surface area (Å²) in [4.78, 5) is 2.63. The molecule has 0 aliphatic carbocycles. The summed E-state index contributed by atoms with van der Waals surface area (Å²) >= 11 is 0. The Morgan fingerprint density at radius 3 is 2.50 bits per heavy atom. The first kappa shape index (κ1) is 15.9. The van der Waals surface area contributed by atoms with E-state index in [-0.39, 0.29) is 12.1 Å². The average Bonchev–Trinajstić information content (AvgIpc) is 2.33. The van der Waals surface area contributed by atoms with Gasteiger partial charge in [0.2, 0.25) is 0 Å². The molecule has 0 spiro atoms. The van der Waals surface area contributed by atoms with E-state index in [0.717, 1.165) is 18.3 Å². The van der Waals surface area contributed by atoms with Crippen LogP contribution in [-0.2, 0) is 0 Å². The van der Waals surface area contributed by atoms with Crippen LogP contribution in [0.5, 0.6) is 0 Å². The Kier molecular flexibility index (Phi) is 5.63. The third kappa shape index (κ3) is 3.69. The largest absolute Gasteiger partial charge is 0.394 e. The van der Waals surface area contributed by atoms with Gasteiger partial charge in [0, 0.05) is 24.2 Å². The maximum Gasteiger partial charge on any atom is 0.0611 e. The minimum atomic E-state index is -0.164. The molecule has 1 saturated heterocycles. The quantitative estimate of drug-likeness (QED) is 0.791. The lowest BCUT2D eigenvalue weighted by atomic mass is 9.83. The summed E-state index contributed by atoms with van der Waals surface area (Å²) in [5.74, 6) is 1.56. The van der Waals surface area contributed by atoms with Crippen molar-refractivity contribution < 1.29 is 5.11 Å². The number of nitrogens with one attached hydrogen (secondary N) is 1. The lowest BCUT2D eigenvalue weighted by molar-refractivity contribution is 0.0269. The van der Waals surface area contributed by atoms with Crippen LogP contribution in [0.3, 0.4) is 0 Å². The Hall–Kier alpha value is -0.120. The number of aliphatic hydroxyl groups is 1. The molecule has 2 N–H and O–H groups in total. The van der Waals surface area contributed by atoms with E-state index in [2.05, 4.69) is 44.8 Å². The lowest BCUT2D eigenvalue weighted by Gasteiger charge is -2.46. The molecular formula is C15H32N2O. The minimum absolute atomic E-state index is 0.164. The van der Waals surface area contributed by atoms with Crippen molar-refractivity contribution in [1.29, 1.82) is 0 Å². The Morgan fingerprint density at radius 2 is 2.00 bits per heavy atom. The summed E-state index contributed by atoms with van der Waals surface area (Å²) in [7, 11) is 1.94. The first-order chi connectivity index (χ1) is 8.33. The zero-order valence-electron chi connectivity index (χ0n) is 13.0. The van der Waals surface area contributed by atoms with Gasteiger partial charge in [-0.2, -0.15) is 0 Å². The van der Waals surface area contributed by atoms with Gasteiger partial charge in [-0.25, -0.2) is 0 Å². The number of aliphatic hydroxyl groups excluding tert-OH is 1. The summed E-state index contributed by atoms with van der Waals surface area (Å²) in [6, 6.07) is 1.16. The SMILES string of the molecule is CNC(C)(CO)CC(C)N1CC(C)CC(C)C1C. The van der Waals surface area contributed by atoms with Crippen LogP contribution in [-0.4, -0.2) is 47.8 Å². The van der Waals surface area contributed by atoms with Crippen molar-refractivity contribution in [3.63, 3.8) is 0 Å². The summed E-state index contributed by atoms with van der Waals surface area (Å²) in [6.07, 6.45) is 2.33. The number of hydrogen-bond acceptors (Lipinski definition) is 3. The number of likely N-dealkylation sites (tertiary alicyclic amines) is 1. The molecule has 0 amide bonds. The molecule has 1 aliphatic heterocycles. The van der Waals surface area contributed by atoms with E-state index in [4.69, 9.17) is 0 Å². The number of piperidine rings is 1. The lowest BCUT2D eigenvalue weighted by Crippen LogP contribution is -2.54. The molecule has 3 heteroatoms. The molecule has 108 valence electrons. The number of rotatable bonds is 5. The number of hydrogen-bond donors (Lipinski definition) is 2. The molecule has 1 heterocycles. The van der Waals surface area contributed by atoms with Crippen LogP contribution in [0.4, 0.5) is 0 Å². The van der Waals surface area contributed by atoms with Crippen LogP contribution in [0.15, 0.2) is 0 Å². The molecule has 0 saturated carbocycles. The third-order valence-electron chi connectivity index (χ3n) is 4.91. The van der Waals surface area contributed by atoms with Crippen LogP contribution < -0.4 is 5.32 Å². The first-order valence-electron chi connectivity index (χ1n) is 7.38. The summed E-state index contributed by atoms with van der Waals surface area (Å²) in [6.45, 7) is 12.9. The van der Waals surface area contributed by atoms with Crippen molar-refractivity contribution >= 4 is 0 Å². The van der Waals surface area contributed by atoms with Gasteiger partial charge in [0.15, 0.2) is 0 Å². The second-order valence-electron chi connectivity index (χ2n) is 6.78. The molecule has 5 atom stereocenters. The van der Waals surface area contributed by atoms with Gasteiger partial charge in [-0.3, -0.25) is 4.90 Å². The molecule has 5 unspecified atom stereocenters. The van der Waals surface area contributed by atoms with Gasteiger partial charge in [-0.15, -0.1) is 0 Å². The Morgan fingerprint density at radius 1 is 1.39 bits per heavy atom. The fourth-order valence-corrected chi connectivity index (χ4v) is 3.36. The molecule has 0 bridgehead atoms. The molecule has 1 fully saturated rings. The van der Waals surface area contributed by atoms with Crippen molar-refractivity contribution in [2.24, 2.45) is 11.8 Å². The van der Waals surface area contributed by atoms with Crippen LogP contribution in [0.2, 0.25) is 0 Å². The monoisotopic (exact) mass is 256 g/mol. The van der Waals surface area contributed by atoms with Crippen LogP contribution in [0.25, 0.3) is 0 Å². The molecular weight excluding hydrogens is 224 g/mol. The van der Waals surface area contributed by atoms with Gasteiger partial charge in [0.25, 0.3) is 0 Å². The molecule has 3 nitrogen and oxygen atoms in total. The molecule has 0 aromatic heterocycles. The van der Waals surface area contributed by atoms with E-state index < -0.39 is 0 Å². The average molecular weight is 256 g/mol. The first-order valence-corrected chi connectivity index (χ1v) is 7.38. The molecule has 1 aliphatic rings. The second-order valence-corrected chi connectivity index (χ2v) is 6.78. The number of nitrogens with zero attached hydrogens (tertiary/aromatic N) is 1. The van der Waals surface area contributed by atoms with E-state index in [1.54, 1.807) is 0 Å². The fourth-order valence-electron chi connectivity index (χ4n) is 3.36. The zero-order valence-corrected chi connectivity index (χ0v) is 13.0. The van der Waals surface area contributed by atoms with E-state index in [1.807, 2.05) is 7.05 Å². The maximum absolute atomic E-state index is 9.52. The van der Waals surface area contributed by atoms with Gasteiger partial charge in [0.05, 0.1) is 6.61 Å². The van der Waals surface area contributed by atoms with E-state index in [0.29, 0.717) is 12.1 Å². The van der Waals surface area contributed by atoms with Gasteiger partial charge in [0.1, 0.15) is 0 Å². The number of likely N-dealkylation sites (N-methyl/N-ethyl adjacent to an activating group) is 1. The molecule has 0 aromatic rings. The van der Waals surface area contributed by atoms with Crippen molar-refractivity contribution in [3.8, 4) is 0 Å². The van der Waals surface area contributed by atoms with Crippen LogP contribution in [0, 0.1) is 11.8 Å². The van der Waals surface area contributed by atoms with Gasteiger partial charge < -0.3 is 10.4 Å². The van der Waals surface area contributed by atoms with Crippen molar-refractivity contribution in [2.75, 3.05) is 20.2 Å². The van der Waals surface area contributed by atoms with Gasteiger partial charge >= 0.3 is 0 Å². The fraction of sp³-hybridized carbons (Fsp3) is 1.00. The summed E-state index contributed by atoms with van der Waals surface area (Å²) in [5.41, 5.74) is -0.164. The highest BCUT2D eigenvalue weighted by atomic mass is 16.3. The molecule has 0 aromatic carbocycles. The second kappa shape index (κ2) is 6.36. The smallest absolute Gasteiger partial charge is 0.0611 e. The van der Waals surface area contributed by atoms with Crippen molar-refractivity contribution in [2.45, 2.75) is 65.1 Å². The van der Waals surface area contributed by atoms with Gasteiger partial charge in [-0.05, 0) is 52.5 Å². The third-order valence-corrected chi connectivity index (χ3v) is 4.91. The molecule has 0 radical (unpaired) electrons. The van der Waals surface area contributed by atoms with Crippen molar-refractivity contribution in [1.82, 2.24) is 10.2 Å². The zero-order chi connectivity index (χ0) is 13.9. The standard InChI is InChI=1S/C15H32N2O/c1-11-7-12(2)14(4)17(9-11)13(3)8-15(5,10-18)16-6/h11-14,16,18H,7-10H2,1-6H3. The highest BCUT2D eigenvalue weighted by molar-refractivity contribution is 4.90. The Bertz CT molecular complexity index is 253. The summed E-state index contributed by atoms with van der Waals surface area (Å²) < 4.78 is 0. The Labute approximate surface area is 113 Å². The normalized spacial score (nSPS) is 35.2. The highest BCUT2D eigenvalue weighted by Gasteiger charge is 2.34. The maximum atomic E-state index is 9.52. The van der Waals surface area contributed by atoms with Crippen LogP contribution in [0.1, 0.15) is 47.5 Å². The van der Waals surface area contributed by atoms with E-state index >= 15 is 0 Å².